The molecule has 0 aliphatic rings. The Kier molecular flexibility index (Phi) is 4.35. The minimum atomic E-state index is -0.667. The van der Waals surface area contributed by atoms with Gasteiger partial charge in [-0.15, -0.1) is 0 Å². The average molecular weight is 344 g/mol. The van der Waals surface area contributed by atoms with Crippen LogP contribution in [0.4, 0.5) is 4.39 Å². The number of hydrogen-bond donors (Lipinski definition) is 0. The van der Waals surface area contributed by atoms with E-state index in [2.05, 4.69) is 15.1 Å². The zero-order chi connectivity index (χ0) is 18.0. The fourth-order valence-electron chi connectivity index (χ4n) is 2.09. The topological polar surface area (TPSA) is 83.0 Å². The van der Waals surface area contributed by atoms with Crippen LogP contribution in [0.25, 0.3) is 5.69 Å². The van der Waals surface area contributed by atoms with E-state index in [0.717, 1.165) is 6.07 Å². The Bertz CT molecular complexity index is 882. The third-order valence-electron chi connectivity index (χ3n) is 3.47. The number of esters is 1. The summed E-state index contributed by atoms with van der Waals surface area (Å²) in [5.74, 6) is -0.287. The molecule has 25 heavy (non-hydrogen) atoms. The Balaban J connectivity index is 1.67. The second kappa shape index (κ2) is 6.46. The van der Waals surface area contributed by atoms with Crippen molar-refractivity contribution in [2.75, 3.05) is 0 Å². The Labute approximate surface area is 143 Å². The lowest BCUT2D eigenvalue weighted by Gasteiger charge is -2.13. The summed E-state index contributed by atoms with van der Waals surface area (Å²) < 4.78 is 26.1. The van der Waals surface area contributed by atoms with E-state index in [1.165, 1.54) is 29.5 Å². The van der Waals surface area contributed by atoms with Gasteiger partial charge >= 0.3 is 5.97 Å². The highest BCUT2D eigenvalue weighted by Crippen LogP contribution is 2.23. The predicted octanol–water partition coefficient (Wildman–Crippen LogP) is 3.05. The number of carbonyl (C=O) groups excluding carboxylic acids is 1. The number of ether oxygens (including phenoxy) is 1. The van der Waals surface area contributed by atoms with Gasteiger partial charge in [-0.3, -0.25) is 0 Å². The minimum absolute atomic E-state index is 0.0870. The first kappa shape index (κ1) is 16.8. The summed E-state index contributed by atoms with van der Waals surface area (Å²) in [6.45, 7) is 5.84. The van der Waals surface area contributed by atoms with Crippen LogP contribution in [0.3, 0.4) is 0 Å². The van der Waals surface area contributed by atoms with Crippen molar-refractivity contribution in [3.63, 3.8) is 0 Å². The number of oxazole rings is 1. The Morgan fingerprint density at radius 3 is 2.76 bits per heavy atom. The lowest BCUT2D eigenvalue weighted by molar-refractivity contribution is 0.0434. The molecule has 1 aromatic carbocycles. The van der Waals surface area contributed by atoms with Gasteiger partial charge in [0.1, 0.15) is 29.9 Å². The van der Waals surface area contributed by atoms with E-state index in [1.807, 2.05) is 20.8 Å². The summed E-state index contributed by atoms with van der Waals surface area (Å²) in [7, 11) is 0. The number of carbonyl (C=O) groups is 1. The molecule has 0 N–H and O–H groups in total. The van der Waals surface area contributed by atoms with Crippen LogP contribution in [0, 0.1) is 5.82 Å². The van der Waals surface area contributed by atoms with Crippen LogP contribution in [0.5, 0.6) is 0 Å². The zero-order valence-corrected chi connectivity index (χ0v) is 14.1. The van der Waals surface area contributed by atoms with Gasteiger partial charge in [0.15, 0.2) is 6.61 Å². The third-order valence-corrected chi connectivity index (χ3v) is 3.47. The first-order chi connectivity index (χ1) is 11.8. The highest BCUT2D eigenvalue weighted by atomic mass is 19.1. The molecule has 130 valence electrons. The summed E-state index contributed by atoms with van der Waals surface area (Å²) in [5.41, 5.74) is 0.0933. The first-order valence-corrected chi connectivity index (χ1v) is 7.61. The number of nitrogens with zero attached hydrogens (tertiary/aromatic N) is 4. The molecule has 0 unspecified atom stereocenters. The molecular weight excluding hydrogens is 327 g/mol. The van der Waals surface area contributed by atoms with E-state index in [4.69, 9.17) is 9.15 Å². The molecule has 0 amide bonds. The summed E-state index contributed by atoms with van der Waals surface area (Å²) in [6, 6.07) is 3.98. The van der Waals surface area contributed by atoms with Gasteiger partial charge in [0, 0.05) is 5.41 Å². The van der Waals surface area contributed by atoms with Gasteiger partial charge in [0.05, 0.1) is 11.8 Å². The molecule has 0 atom stereocenters. The van der Waals surface area contributed by atoms with Crippen LogP contribution in [0.2, 0.25) is 0 Å². The number of rotatable bonds is 4. The highest BCUT2D eigenvalue weighted by Gasteiger charge is 2.20. The van der Waals surface area contributed by atoms with Crippen molar-refractivity contribution >= 4 is 5.97 Å². The molecule has 0 spiro atoms. The monoisotopic (exact) mass is 344 g/mol. The molecule has 3 aromatic rings. The fourth-order valence-corrected chi connectivity index (χ4v) is 2.09. The van der Waals surface area contributed by atoms with Crippen LogP contribution in [0.15, 0.2) is 41.5 Å². The van der Waals surface area contributed by atoms with Gasteiger partial charge in [0.25, 0.3) is 0 Å². The lowest BCUT2D eigenvalue weighted by atomic mass is 9.94. The van der Waals surface area contributed by atoms with Crippen molar-refractivity contribution in [2.24, 2.45) is 0 Å². The first-order valence-electron chi connectivity index (χ1n) is 7.61. The largest absolute Gasteiger partial charge is 0.452 e. The van der Waals surface area contributed by atoms with Gasteiger partial charge in [-0.2, -0.15) is 5.10 Å². The van der Waals surface area contributed by atoms with Crippen molar-refractivity contribution in [1.29, 1.82) is 0 Å². The van der Waals surface area contributed by atoms with E-state index >= 15 is 0 Å². The maximum absolute atomic E-state index is 14.1. The van der Waals surface area contributed by atoms with Crippen molar-refractivity contribution in [3.8, 4) is 5.69 Å². The summed E-state index contributed by atoms with van der Waals surface area (Å²) in [6.07, 6.45) is 4.27. The highest BCUT2D eigenvalue weighted by molar-refractivity contribution is 5.89. The van der Waals surface area contributed by atoms with Crippen LogP contribution in [-0.4, -0.2) is 25.7 Å². The molecule has 0 aliphatic heterocycles. The van der Waals surface area contributed by atoms with E-state index in [0.29, 0.717) is 5.76 Å². The van der Waals surface area contributed by atoms with E-state index in [1.54, 1.807) is 6.20 Å². The maximum atomic E-state index is 14.1. The normalized spacial score (nSPS) is 11.5. The molecule has 0 radical (unpaired) electrons. The van der Waals surface area contributed by atoms with Gasteiger partial charge in [0.2, 0.25) is 5.89 Å². The summed E-state index contributed by atoms with van der Waals surface area (Å²) >= 11 is 0. The molecule has 7 nitrogen and oxygen atoms in total. The van der Waals surface area contributed by atoms with Crippen LogP contribution < -0.4 is 0 Å². The molecule has 0 aliphatic carbocycles. The van der Waals surface area contributed by atoms with Gasteiger partial charge in [-0.1, -0.05) is 20.8 Å². The average Bonchev–Trinajstić information content (AvgIpc) is 3.23. The lowest BCUT2D eigenvalue weighted by Crippen LogP contribution is -2.09. The Morgan fingerprint density at radius 1 is 1.36 bits per heavy atom. The van der Waals surface area contributed by atoms with Crippen LogP contribution in [-0.2, 0) is 16.8 Å². The second-order valence-electron chi connectivity index (χ2n) is 6.45. The SMILES string of the molecule is CC(C)(C)c1cnc(COC(=O)c2ccc(-n3cncn3)c(F)c2)o1. The van der Waals surface area contributed by atoms with Crippen molar-refractivity contribution in [1.82, 2.24) is 19.7 Å². The van der Waals surface area contributed by atoms with E-state index in [-0.39, 0.29) is 29.2 Å². The Hall–Kier alpha value is -3.03. The number of benzene rings is 1. The molecule has 3 rings (SSSR count). The molecule has 2 heterocycles. The van der Waals surface area contributed by atoms with Crippen LogP contribution in [0.1, 0.15) is 42.8 Å². The van der Waals surface area contributed by atoms with Gasteiger partial charge in [-0.25, -0.2) is 23.8 Å². The molecular formula is C17H17FN4O3. The van der Waals surface area contributed by atoms with Crippen molar-refractivity contribution in [2.45, 2.75) is 32.8 Å². The molecule has 8 heteroatoms. The Morgan fingerprint density at radius 2 is 2.16 bits per heavy atom. The molecule has 0 bridgehead atoms. The molecule has 0 saturated heterocycles. The van der Waals surface area contributed by atoms with Gasteiger partial charge in [-0.05, 0) is 18.2 Å². The minimum Gasteiger partial charge on any atom is -0.452 e. The van der Waals surface area contributed by atoms with Crippen molar-refractivity contribution < 1.29 is 18.3 Å². The maximum Gasteiger partial charge on any atom is 0.338 e. The zero-order valence-electron chi connectivity index (χ0n) is 14.1. The fraction of sp³-hybridized carbons (Fsp3) is 0.294. The molecule has 0 fully saturated rings. The molecule has 0 saturated carbocycles. The standard InChI is InChI=1S/C17H17FN4O3/c1-17(2,3)14-7-20-15(25-14)8-24-16(23)11-4-5-13(12(18)6-11)22-10-19-9-21-22/h4-7,9-10H,8H2,1-3H3. The predicted molar refractivity (Wildman–Crippen MR) is 85.6 cm³/mol. The van der Waals surface area contributed by atoms with Crippen molar-refractivity contribution in [3.05, 3.63) is 60.1 Å². The van der Waals surface area contributed by atoms with Gasteiger partial charge < -0.3 is 9.15 Å². The third kappa shape index (κ3) is 3.73. The number of halogens is 1. The summed E-state index contributed by atoms with van der Waals surface area (Å²) in [5, 5.41) is 3.85. The van der Waals surface area contributed by atoms with E-state index < -0.39 is 11.8 Å². The quantitative estimate of drug-likeness (QED) is 0.677. The van der Waals surface area contributed by atoms with E-state index in [9.17, 15) is 9.18 Å². The van der Waals surface area contributed by atoms with Crippen LogP contribution >= 0.6 is 0 Å². The summed E-state index contributed by atoms with van der Waals surface area (Å²) in [4.78, 5) is 19.9. The molecule has 2 aromatic heterocycles. The number of aromatic nitrogens is 4. The second-order valence-corrected chi connectivity index (χ2v) is 6.45. The smallest absolute Gasteiger partial charge is 0.338 e. The number of hydrogen-bond acceptors (Lipinski definition) is 6.